The van der Waals surface area contributed by atoms with E-state index in [0.29, 0.717) is 0 Å². The Morgan fingerprint density at radius 3 is 1.75 bits per heavy atom. The molecule has 0 radical (unpaired) electrons. The minimum atomic E-state index is -0.113. The minimum Gasteiger partial charge on any atom is -0.289 e. The van der Waals surface area contributed by atoms with Crippen LogP contribution >= 0.6 is 0 Å². The van der Waals surface area contributed by atoms with Crippen LogP contribution in [0.15, 0.2) is 54.1 Å². The van der Waals surface area contributed by atoms with Gasteiger partial charge < -0.3 is 0 Å². The lowest BCUT2D eigenvalue weighted by Crippen LogP contribution is -2.60. The van der Waals surface area contributed by atoms with Crippen molar-refractivity contribution in [1.29, 1.82) is 0 Å². The van der Waals surface area contributed by atoms with E-state index in [1.54, 1.807) is 0 Å². The van der Waals surface area contributed by atoms with Crippen LogP contribution in [0.3, 0.4) is 0 Å². The van der Waals surface area contributed by atoms with Crippen LogP contribution in [-0.4, -0.2) is 47.4 Å². The maximum atomic E-state index is 12.9. The fraction of sp³-hybridized carbons (Fsp3) is 0.560. The molecule has 154 valence electrons. The average molecular weight is 383 g/mol. The van der Waals surface area contributed by atoms with Crippen molar-refractivity contribution in [2.24, 2.45) is 0 Å². The molecular formula is C25H38N2O. The summed E-state index contributed by atoms with van der Waals surface area (Å²) in [7, 11) is 0. The summed E-state index contributed by atoms with van der Waals surface area (Å²) < 4.78 is 0. The van der Waals surface area contributed by atoms with Crippen LogP contribution in [0.4, 0.5) is 0 Å². The first-order valence-electron chi connectivity index (χ1n) is 11.1. The third-order valence-electron chi connectivity index (χ3n) is 5.52. The van der Waals surface area contributed by atoms with Gasteiger partial charge in [0.05, 0.1) is 5.66 Å². The molecule has 0 aromatic heterocycles. The van der Waals surface area contributed by atoms with Crippen LogP contribution in [0.1, 0.15) is 70.2 Å². The summed E-state index contributed by atoms with van der Waals surface area (Å²) in [5.74, 6) is 0.125. The average Bonchev–Trinajstić information content (AvgIpc) is 2.74. The Balaban J connectivity index is 2.35. The van der Waals surface area contributed by atoms with Crippen molar-refractivity contribution in [3.8, 4) is 0 Å². The summed E-state index contributed by atoms with van der Waals surface area (Å²) in [5.41, 5.74) is 1.48. The second-order valence-electron chi connectivity index (χ2n) is 7.74. The van der Waals surface area contributed by atoms with Gasteiger partial charge in [0.2, 0.25) is 0 Å². The lowest BCUT2D eigenvalue weighted by molar-refractivity contribution is -0.0227. The highest BCUT2D eigenvalue weighted by atomic mass is 16.1. The molecule has 0 atom stereocenters. The van der Waals surface area contributed by atoms with Crippen molar-refractivity contribution in [2.45, 2.75) is 65.5 Å². The Bertz CT molecular complexity index is 634. The molecule has 1 aromatic carbocycles. The fourth-order valence-electron chi connectivity index (χ4n) is 4.29. The highest BCUT2D eigenvalue weighted by Gasteiger charge is 2.39. The van der Waals surface area contributed by atoms with Crippen molar-refractivity contribution in [3.05, 3.63) is 59.7 Å². The summed E-state index contributed by atoms with van der Waals surface area (Å²) in [6, 6.07) is 9.62. The summed E-state index contributed by atoms with van der Waals surface area (Å²) >= 11 is 0. The first-order chi connectivity index (χ1) is 13.6. The first-order valence-corrected chi connectivity index (χ1v) is 11.1. The fourth-order valence-corrected chi connectivity index (χ4v) is 4.29. The van der Waals surface area contributed by atoms with Crippen LogP contribution < -0.4 is 0 Å². The number of carbonyl (C=O) groups excluding carboxylic acids is 1. The van der Waals surface area contributed by atoms with Crippen molar-refractivity contribution >= 4 is 5.78 Å². The zero-order chi connectivity index (χ0) is 20.4. The number of carbonyl (C=O) groups is 1. The van der Waals surface area contributed by atoms with E-state index >= 15 is 0 Å². The van der Waals surface area contributed by atoms with E-state index in [1.165, 1.54) is 0 Å². The number of nitrogens with zero attached hydrogens (tertiary/aromatic N) is 2. The highest BCUT2D eigenvalue weighted by Crippen LogP contribution is 2.33. The van der Waals surface area contributed by atoms with E-state index in [9.17, 15) is 4.79 Å². The SMILES string of the molecule is CCCN(CCC)C1(N(CCC)CCC)C=CC(C(=O)c2ccccc2)=CC1. The van der Waals surface area contributed by atoms with Gasteiger partial charge in [0.25, 0.3) is 0 Å². The van der Waals surface area contributed by atoms with Gasteiger partial charge in [0.1, 0.15) is 0 Å². The van der Waals surface area contributed by atoms with Gasteiger partial charge in [-0.25, -0.2) is 0 Å². The van der Waals surface area contributed by atoms with Crippen molar-refractivity contribution in [1.82, 2.24) is 9.80 Å². The van der Waals surface area contributed by atoms with Gasteiger partial charge in [-0.05, 0) is 57.9 Å². The van der Waals surface area contributed by atoms with Crippen LogP contribution in [0.5, 0.6) is 0 Å². The monoisotopic (exact) mass is 382 g/mol. The van der Waals surface area contributed by atoms with E-state index in [1.807, 2.05) is 30.3 Å². The van der Waals surface area contributed by atoms with E-state index in [-0.39, 0.29) is 11.4 Å². The predicted molar refractivity (Wildman–Crippen MR) is 120 cm³/mol. The molecule has 0 heterocycles. The molecule has 0 aliphatic heterocycles. The number of hydrogen-bond acceptors (Lipinski definition) is 3. The van der Waals surface area contributed by atoms with Gasteiger partial charge in [-0.1, -0.05) is 70.2 Å². The Hall–Kier alpha value is -1.71. The van der Waals surface area contributed by atoms with Crippen LogP contribution in [0.25, 0.3) is 0 Å². The standard InChI is InChI=1S/C25H38N2O/c1-5-18-26(19-6-2)25(27(20-7-3)21-8-4)16-14-23(15-17-25)24(28)22-12-10-9-11-13-22/h9-16H,5-8,17-21H2,1-4H3. The summed E-state index contributed by atoms with van der Waals surface area (Å²) in [5, 5.41) is 0. The number of rotatable bonds is 12. The third kappa shape index (κ3) is 5.21. The molecule has 0 N–H and O–H groups in total. The van der Waals surface area contributed by atoms with E-state index in [0.717, 1.165) is 69.4 Å². The predicted octanol–water partition coefficient (Wildman–Crippen LogP) is 5.70. The smallest absolute Gasteiger partial charge is 0.192 e. The Kier molecular flexibility index (Phi) is 9.14. The lowest BCUT2D eigenvalue weighted by Gasteiger charge is -2.50. The molecule has 1 aromatic rings. The van der Waals surface area contributed by atoms with E-state index in [2.05, 4.69) is 55.7 Å². The lowest BCUT2D eigenvalue weighted by atomic mass is 9.89. The van der Waals surface area contributed by atoms with E-state index in [4.69, 9.17) is 0 Å². The number of benzene rings is 1. The zero-order valence-electron chi connectivity index (χ0n) is 18.3. The number of Topliss-reactive ketones (excluding diaryl/α,β-unsaturated/α-hetero) is 1. The molecule has 0 saturated carbocycles. The zero-order valence-corrected chi connectivity index (χ0v) is 18.3. The molecule has 0 unspecified atom stereocenters. The maximum Gasteiger partial charge on any atom is 0.192 e. The molecule has 1 aliphatic carbocycles. The summed E-state index contributed by atoms with van der Waals surface area (Å²) in [4.78, 5) is 18.2. The Morgan fingerprint density at radius 2 is 1.36 bits per heavy atom. The van der Waals surface area contributed by atoms with Crippen LogP contribution in [-0.2, 0) is 0 Å². The quantitative estimate of drug-likeness (QED) is 0.342. The summed E-state index contributed by atoms with van der Waals surface area (Å²) in [6.07, 6.45) is 12.0. The van der Waals surface area contributed by atoms with Gasteiger partial charge in [-0.3, -0.25) is 14.6 Å². The minimum absolute atomic E-state index is 0.113. The number of hydrogen-bond donors (Lipinski definition) is 0. The molecule has 0 amide bonds. The van der Waals surface area contributed by atoms with Crippen molar-refractivity contribution < 1.29 is 4.79 Å². The largest absolute Gasteiger partial charge is 0.289 e. The van der Waals surface area contributed by atoms with Gasteiger partial charge >= 0.3 is 0 Å². The second kappa shape index (κ2) is 11.3. The summed E-state index contributed by atoms with van der Waals surface area (Å²) in [6.45, 7) is 13.4. The van der Waals surface area contributed by atoms with Crippen LogP contribution in [0.2, 0.25) is 0 Å². The van der Waals surface area contributed by atoms with Gasteiger partial charge in [0, 0.05) is 17.6 Å². The first kappa shape index (κ1) is 22.6. The normalized spacial score (nSPS) is 15.9. The molecule has 2 rings (SSSR count). The number of ketones is 1. The molecule has 3 heteroatoms. The molecule has 1 aliphatic rings. The molecule has 3 nitrogen and oxygen atoms in total. The van der Waals surface area contributed by atoms with E-state index < -0.39 is 0 Å². The van der Waals surface area contributed by atoms with Gasteiger partial charge in [-0.2, -0.15) is 0 Å². The van der Waals surface area contributed by atoms with Crippen LogP contribution in [0, 0.1) is 0 Å². The molecular weight excluding hydrogens is 344 g/mol. The molecule has 0 bridgehead atoms. The maximum absolute atomic E-state index is 12.9. The topological polar surface area (TPSA) is 23.6 Å². The third-order valence-corrected chi connectivity index (χ3v) is 5.52. The molecule has 28 heavy (non-hydrogen) atoms. The van der Waals surface area contributed by atoms with Gasteiger partial charge in [-0.15, -0.1) is 0 Å². The molecule has 0 spiro atoms. The second-order valence-corrected chi connectivity index (χ2v) is 7.74. The van der Waals surface area contributed by atoms with Gasteiger partial charge in [0.15, 0.2) is 5.78 Å². The number of allylic oxidation sites excluding steroid dienone is 2. The van der Waals surface area contributed by atoms with Crippen molar-refractivity contribution in [2.75, 3.05) is 26.2 Å². The Labute approximate surface area is 172 Å². The Morgan fingerprint density at radius 1 is 0.857 bits per heavy atom. The molecule has 0 fully saturated rings. The van der Waals surface area contributed by atoms with Crippen molar-refractivity contribution in [3.63, 3.8) is 0 Å². The highest BCUT2D eigenvalue weighted by molar-refractivity contribution is 6.10. The molecule has 0 saturated heterocycles.